The lowest BCUT2D eigenvalue weighted by molar-refractivity contribution is 0.155. The highest BCUT2D eigenvalue weighted by atomic mass is 32.2. The van der Waals surface area contributed by atoms with Gasteiger partial charge in [0, 0.05) is 22.4 Å². The van der Waals surface area contributed by atoms with Crippen molar-refractivity contribution in [1.82, 2.24) is 0 Å². The summed E-state index contributed by atoms with van der Waals surface area (Å²) in [5.41, 5.74) is 2.16. The number of anilines is 1. The van der Waals surface area contributed by atoms with E-state index < -0.39 is 0 Å². The minimum atomic E-state index is 0.392. The topological polar surface area (TPSA) is 12.0 Å². The molecule has 0 aromatic heterocycles. The van der Waals surface area contributed by atoms with Crippen LogP contribution in [0.4, 0.5) is 5.69 Å². The number of thioether (sulfide) groups is 1. The van der Waals surface area contributed by atoms with E-state index in [1.165, 1.54) is 29.8 Å². The van der Waals surface area contributed by atoms with E-state index in [1.807, 2.05) is 17.8 Å². The third kappa shape index (κ3) is 2.52. The van der Waals surface area contributed by atoms with Crippen molar-refractivity contribution in [1.29, 1.82) is 0 Å². The first-order valence-corrected chi connectivity index (χ1v) is 9.05. The zero-order valence-electron chi connectivity index (χ0n) is 13.5. The number of fused-ring (bicyclic) bond motifs is 2. The van der Waals surface area contributed by atoms with Crippen molar-refractivity contribution in [3.05, 3.63) is 36.9 Å². The predicted octanol–water partition coefficient (Wildman–Crippen LogP) is 5.59. The summed E-state index contributed by atoms with van der Waals surface area (Å²) >= 11 is 1.87. The van der Waals surface area contributed by atoms with Crippen molar-refractivity contribution in [2.24, 2.45) is 16.7 Å². The minimum Gasteiger partial charge on any atom is -0.380 e. The van der Waals surface area contributed by atoms with Crippen LogP contribution in [0.3, 0.4) is 0 Å². The van der Waals surface area contributed by atoms with Gasteiger partial charge in [0.05, 0.1) is 0 Å². The van der Waals surface area contributed by atoms with Crippen LogP contribution in [0.2, 0.25) is 0 Å². The lowest BCUT2D eigenvalue weighted by atomic mass is 9.68. The molecule has 0 heterocycles. The normalized spacial score (nSPS) is 33.1. The van der Waals surface area contributed by atoms with Crippen LogP contribution in [0.1, 0.15) is 40.0 Å². The Morgan fingerprint density at radius 2 is 2.10 bits per heavy atom. The number of rotatable bonds is 5. The minimum absolute atomic E-state index is 0.392. The van der Waals surface area contributed by atoms with E-state index >= 15 is 0 Å². The van der Waals surface area contributed by atoms with Crippen LogP contribution in [0.25, 0.3) is 0 Å². The van der Waals surface area contributed by atoms with Crippen molar-refractivity contribution in [3.8, 4) is 0 Å². The molecule has 114 valence electrons. The smallest absolute Gasteiger partial charge is 0.0481 e. The van der Waals surface area contributed by atoms with Crippen LogP contribution in [-0.4, -0.2) is 11.8 Å². The number of nitrogens with one attached hydrogen (secondary N) is 1. The van der Waals surface area contributed by atoms with Gasteiger partial charge in [-0.1, -0.05) is 39.0 Å². The summed E-state index contributed by atoms with van der Waals surface area (Å²) < 4.78 is 0. The molecule has 2 fully saturated rings. The molecule has 2 heteroatoms. The van der Waals surface area contributed by atoms with Gasteiger partial charge in [-0.2, -0.15) is 0 Å². The summed E-state index contributed by atoms with van der Waals surface area (Å²) in [5.74, 6) is 1.85. The maximum Gasteiger partial charge on any atom is 0.0481 e. The molecular formula is C19H27NS. The summed E-state index contributed by atoms with van der Waals surface area (Å²) in [6.45, 7) is 11.2. The van der Waals surface area contributed by atoms with Gasteiger partial charge in [-0.3, -0.25) is 0 Å². The Morgan fingerprint density at radius 3 is 2.76 bits per heavy atom. The third-order valence-corrected chi connectivity index (χ3v) is 6.88. The number of hydrogen-bond donors (Lipinski definition) is 1. The van der Waals surface area contributed by atoms with Crippen molar-refractivity contribution in [2.45, 2.75) is 51.0 Å². The maximum atomic E-state index is 3.93. The van der Waals surface area contributed by atoms with Crippen molar-refractivity contribution < 1.29 is 0 Å². The molecule has 1 unspecified atom stereocenters. The average Bonchev–Trinajstić information content (AvgIpc) is 2.93. The molecule has 21 heavy (non-hydrogen) atoms. The molecule has 3 rings (SSSR count). The highest BCUT2D eigenvalue weighted by molar-refractivity contribution is 7.99. The molecule has 2 aliphatic carbocycles. The molecule has 2 bridgehead atoms. The van der Waals surface area contributed by atoms with Crippen LogP contribution in [0, 0.1) is 16.7 Å². The molecule has 0 saturated heterocycles. The van der Waals surface area contributed by atoms with E-state index in [0.29, 0.717) is 16.9 Å². The fraction of sp³-hybridized carbons (Fsp3) is 0.579. The number of hydrogen-bond acceptors (Lipinski definition) is 2. The molecule has 0 spiro atoms. The Hall–Kier alpha value is -0.890. The fourth-order valence-corrected chi connectivity index (χ4v) is 5.43. The lowest BCUT2D eigenvalue weighted by Gasteiger charge is -2.44. The Bertz CT molecular complexity index is 531. The van der Waals surface area contributed by atoms with Gasteiger partial charge in [0.15, 0.2) is 0 Å². The summed E-state index contributed by atoms with van der Waals surface area (Å²) in [7, 11) is 0. The van der Waals surface area contributed by atoms with E-state index in [0.717, 1.165) is 11.7 Å². The summed E-state index contributed by atoms with van der Waals surface area (Å²) in [6, 6.07) is 9.30. The van der Waals surface area contributed by atoms with Crippen LogP contribution in [-0.2, 0) is 0 Å². The SMILES string of the molecule is C=CCSc1ccccc1NC1C(C)(C)[C@H]2CC[C@]1(C)C2. The van der Waals surface area contributed by atoms with Crippen LogP contribution < -0.4 is 5.32 Å². The maximum absolute atomic E-state index is 3.93. The van der Waals surface area contributed by atoms with Crippen molar-refractivity contribution in [2.75, 3.05) is 11.1 Å². The van der Waals surface area contributed by atoms with Gasteiger partial charge >= 0.3 is 0 Å². The monoisotopic (exact) mass is 301 g/mol. The van der Waals surface area contributed by atoms with Gasteiger partial charge in [0.25, 0.3) is 0 Å². The Balaban J connectivity index is 1.85. The standard InChI is InChI=1S/C19H27NS/c1-5-12-21-16-9-7-6-8-15(16)20-17-18(2,3)14-10-11-19(17,4)13-14/h5-9,14,17,20H,1,10-13H2,2-4H3/t14-,17?,19+/m0/s1. The van der Waals surface area contributed by atoms with Gasteiger partial charge in [-0.05, 0) is 48.1 Å². The first kappa shape index (κ1) is 15.0. The third-order valence-electron chi connectivity index (χ3n) is 5.81. The van der Waals surface area contributed by atoms with Crippen LogP contribution in [0.5, 0.6) is 0 Å². The van der Waals surface area contributed by atoms with Gasteiger partial charge < -0.3 is 5.32 Å². The molecule has 0 amide bonds. The molecular weight excluding hydrogens is 274 g/mol. The Labute approximate surface area is 133 Å². The summed E-state index contributed by atoms with van der Waals surface area (Å²) in [4.78, 5) is 1.35. The fourth-order valence-electron chi connectivity index (χ4n) is 4.68. The average molecular weight is 301 g/mol. The predicted molar refractivity (Wildman–Crippen MR) is 94.0 cm³/mol. The summed E-state index contributed by atoms with van der Waals surface area (Å²) in [5, 5.41) is 3.93. The van der Waals surface area contributed by atoms with Gasteiger partial charge in [0.2, 0.25) is 0 Å². The van der Waals surface area contributed by atoms with E-state index in [-0.39, 0.29) is 0 Å². The Kier molecular flexibility index (Phi) is 3.85. The molecule has 1 nitrogen and oxygen atoms in total. The molecule has 1 aromatic rings. The zero-order chi connectivity index (χ0) is 15.1. The molecule has 2 saturated carbocycles. The second-order valence-corrected chi connectivity index (χ2v) is 8.65. The van der Waals surface area contributed by atoms with Crippen LogP contribution >= 0.6 is 11.8 Å². The van der Waals surface area contributed by atoms with Crippen molar-refractivity contribution >= 4 is 17.4 Å². The molecule has 1 N–H and O–H groups in total. The molecule has 0 aliphatic heterocycles. The van der Waals surface area contributed by atoms with Gasteiger partial charge in [-0.25, -0.2) is 0 Å². The highest BCUT2D eigenvalue weighted by Gasteiger charge is 2.59. The lowest BCUT2D eigenvalue weighted by Crippen LogP contribution is -2.45. The molecule has 0 radical (unpaired) electrons. The number of para-hydroxylation sites is 1. The molecule has 3 atom stereocenters. The second-order valence-electron chi connectivity index (χ2n) is 7.59. The largest absolute Gasteiger partial charge is 0.380 e. The Morgan fingerprint density at radius 1 is 1.33 bits per heavy atom. The van der Waals surface area contributed by atoms with E-state index in [4.69, 9.17) is 0 Å². The van der Waals surface area contributed by atoms with Gasteiger partial charge in [0.1, 0.15) is 0 Å². The van der Waals surface area contributed by atoms with Gasteiger partial charge in [-0.15, -0.1) is 18.3 Å². The summed E-state index contributed by atoms with van der Waals surface area (Å²) in [6.07, 6.45) is 6.15. The number of benzene rings is 1. The van der Waals surface area contributed by atoms with E-state index in [9.17, 15) is 0 Å². The first-order valence-electron chi connectivity index (χ1n) is 8.06. The van der Waals surface area contributed by atoms with E-state index in [1.54, 1.807) is 0 Å². The van der Waals surface area contributed by atoms with Crippen LogP contribution in [0.15, 0.2) is 41.8 Å². The second kappa shape index (κ2) is 5.39. The quantitative estimate of drug-likeness (QED) is 0.562. The molecule has 2 aliphatic rings. The highest BCUT2D eigenvalue weighted by Crippen LogP contribution is 2.63. The van der Waals surface area contributed by atoms with Crippen molar-refractivity contribution in [3.63, 3.8) is 0 Å². The zero-order valence-corrected chi connectivity index (χ0v) is 14.3. The first-order chi connectivity index (χ1) is 9.97. The van der Waals surface area contributed by atoms with E-state index in [2.05, 4.69) is 56.9 Å². The molecule has 1 aromatic carbocycles.